The van der Waals surface area contributed by atoms with Gasteiger partial charge in [-0.25, -0.2) is 0 Å². The molecule has 0 spiro atoms. The fourth-order valence-corrected chi connectivity index (χ4v) is 3.03. The predicted octanol–water partition coefficient (Wildman–Crippen LogP) is 2.45. The van der Waals surface area contributed by atoms with E-state index < -0.39 is 6.04 Å². The molecule has 1 aromatic carbocycles. The van der Waals surface area contributed by atoms with Gasteiger partial charge in [0.2, 0.25) is 11.7 Å². The van der Waals surface area contributed by atoms with E-state index in [4.69, 9.17) is 0 Å². The highest BCUT2D eigenvalue weighted by Gasteiger charge is 2.32. The number of nitrogens with one attached hydrogen (secondary N) is 1. The second-order valence-electron chi connectivity index (χ2n) is 6.77. The normalized spacial score (nSPS) is 21.7. The zero-order chi connectivity index (χ0) is 16.4. The average molecular weight is 313 g/mol. The van der Waals surface area contributed by atoms with Gasteiger partial charge in [-0.15, -0.1) is 10.2 Å². The number of hydrogen-bond acceptors (Lipinski definition) is 4. The molecule has 1 N–H and O–H groups in total. The number of rotatable bonds is 5. The number of nitrogens with zero attached hydrogens (tertiary/aromatic N) is 4. The molecule has 0 bridgehead atoms. The van der Waals surface area contributed by atoms with Crippen LogP contribution in [0.15, 0.2) is 30.3 Å². The van der Waals surface area contributed by atoms with Gasteiger partial charge >= 0.3 is 0 Å². The maximum absolute atomic E-state index is 12.6. The Morgan fingerprint density at radius 2 is 1.96 bits per heavy atom. The van der Waals surface area contributed by atoms with E-state index in [9.17, 15) is 4.79 Å². The molecule has 0 saturated heterocycles. The molecule has 0 unspecified atom stereocenters. The third-order valence-electron chi connectivity index (χ3n) is 4.33. The van der Waals surface area contributed by atoms with Crippen molar-refractivity contribution in [1.82, 2.24) is 25.5 Å². The van der Waals surface area contributed by atoms with Crippen LogP contribution in [-0.2, 0) is 4.79 Å². The lowest BCUT2D eigenvalue weighted by molar-refractivity contribution is -0.127. The zero-order valence-electron chi connectivity index (χ0n) is 13.8. The summed E-state index contributed by atoms with van der Waals surface area (Å²) < 4.78 is 0. The van der Waals surface area contributed by atoms with Crippen LogP contribution < -0.4 is 5.32 Å². The molecule has 1 atom stereocenters. The van der Waals surface area contributed by atoms with Crippen molar-refractivity contribution in [1.29, 1.82) is 0 Å². The standard InChI is InChI=1S/C17H23N5O/c1-11(2)15(17(23)18-14-9-12(3)10-14)22-20-16(19-21-22)13-7-5-4-6-8-13/h4-8,11-12,14-15H,9-10H2,1-3H3,(H,18,23)/t12?,14?,15-/m1/s1. The molecule has 1 saturated carbocycles. The van der Waals surface area contributed by atoms with E-state index in [0.717, 1.165) is 18.4 Å². The van der Waals surface area contributed by atoms with Crippen molar-refractivity contribution in [2.75, 3.05) is 0 Å². The molecule has 1 amide bonds. The third kappa shape index (κ3) is 3.41. The van der Waals surface area contributed by atoms with Gasteiger partial charge in [0.1, 0.15) is 0 Å². The summed E-state index contributed by atoms with van der Waals surface area (Å²) in [6, 6.07) is 9.52. The van der Waals surface area contributed by atoms with Gasteiger partial charge in [-0.05, 0) is 29.9 Å². The predicted molar refractivity (Wildman–Crippen MR) is 87.5 cm³/mol. The Morgan fingerprint density at radius 3 is 2.57 bits per heavy atom. The smallest absolute Gasteiger partial charge is 0.247 e. The fraction of sp³-hybridized carbons (Fsp3) is 0.529. The van der Waals surface area contributed by atoms with Crippen molar-refractivity contribution in [2.24, 2.45) is 11.8 Å². The maximum Gasteiger partial charge on any atom is 0.247 e. The highest BCUT2D eigenvalue weighted by molar-refractivity contribution is 5.80. The largest absolute Gasteiger partial charge is 0.351 e. The van der Waals surface area contributed by atoms with E-state index in [2.05, 4.69) is 27.7 Å². The van der Waals surface area contributed by atoms with E-state index in [1.54, 1.807) is 0 Å². The minimum atomic E-state index is -0.434. The minimum absolute atomic E-state index is 0.0195. The molecular weight excluding hydrogens is 290 g/mol. The molecule has 0 radical (unpaired) electrons. The molecule has 1 heterocycles. The molecule has 1 aliphatic rings. The molecule has 122 valence electrons. The Morgan fingerprint density at radius 1 is 1.26 bits per heavy atom. The summed E-state index contributed by atoms with van der Waals surface area (Å²) in [5.74, 6) is 1.31. The van der Waals surface area contributed by atoms with Crippen molar-refractivity contribution in [3.8, 4) is 11.4 Å². The van der Waals surface area contributed by atoms with Gasteiger partial charge in [-0.3, -0.25) is 4.79 Å². The summed E-state index contributed by atoms with van der Waals surface area (Å²) in [6.07, 6.45) is 2.10. The van der Waals surface area contributed by atoms with E-state index in [1.807, 2.05) is 44.2 Å². The number of benzene rings is 1. The SMILES string of the molecule is CC1CC(NC(=O)[C@@H](C(C)C)n2nnc(-c3ccccc3)n2)C1. The maximum atomic E-state index is 12.6. The quantitative estimate of drug-likeness (QED) is 0.920. The molecule has 6 nitrogen and oxygen atoms in total. The van der Waals surface area contributed by atoms with Crippen LogP contribution in [0, 0.1) is 11.8 Å². The molecule has 23 heavy (non-hydrogen) atoms. The van der Waals surface area contributed by atoms with Crippen molar-refractivity contribution in [3.05, 3.63) is 30.3 Å². The second-order valence-corrected chi connectivity index (χ2v) is 6.77. The molecule has 0 aliphatic heterocycles. The molecule has 1 aliphatic carbocycles. The van der Waals surface area contributed by atoms with E-state index >= 15 is 0 Å². The topological polar surface area (TPSA) is 72.7 Å². The van der Waals surface area contributed by atoms with Gasteiger partial charge in [0.05, 0.1) is 0 Å². The lowest BCUT2D eigenvalue weighted by Gasteiger charge is -2.34. The molecule has 1 fully saturated rings. The highest BCUT2D eigenvalue weighted by atomic mass is 16.2. The van der Waals surface area contributed by atoms with Crippen LogP contribution in [0.2, 0.25) is 0 Å². The van der Waals surface area contributed by atoms with Gasteiger partial charge in [-0.2, -0.15) is 4.80 Å². The van der Waals surface area contributed by atoms with E-state index in [0.29, 0.717) is 11.7 Å². The molecule has 6 heteroatoms. The van der Waals surface area contributed by atoms with Gasteiger partial charge in [-0.1, -0.05) is 51.1 Å². The van der Waals surface area contributed by atoms with Crippen LogP contribution in [0.1, 0.15) is 39.7 Å². The Kier molecular flexibility index (Phi) is 4.41. The van der Waals surface area contributed by atoms with Gasteiger partial charge < -0.3 is 5.32 Å². The third-order valence-corrected chi connectivity index (χ3v) is 4.33. The highest BCUT2D eigenvalue weighted by Crippen LogP contribution is 2.27. The number of carbonyl (C=O) groups is 1. The molecule has 3 rings (SSSR count). The van der Waals surface area contributed by atoms with Crippen LogP contribution in [-0.4, -0.2) is 32.2 Å². The van der Waals surface area contributed by atoms with Crippen molar-refractivity contribution < 1.29 is 4.79 Å². The van der Waals surface area contributed by atoms with Crippen LogP contribution in [0.3, 0.4) is 0 Å². The molecule has 2 aromatic rings. The van der Waals surface area contributed by atoms with Crippen LogP contribution in [0.4, 0.5) is 0 Å². The Labute approximate surface area is 136 Å². The first kappa shape index (κ1) is 15.6. The van der Waals surface area contributed by atoms with Crippen LogP contribution >= 0.6 is 0 Å². The lowest BCUT2D eigenvalue weighted by Crippen LogP contribution is -2.47. The first-order valence-corrected chi connectivity index (χ1v) is 8.20. The first-order valence-electron chi connectivity index (χ1n) is 8.20. The monoisotopic (exact) mass is 313 g/mol. The number of carbonyl (C=O) groups excluding carboxylic acids is 1. The minimum Gasteiger partial charge on any atom is -0.351 e. The van der Waals surface area contributed by atoms with E-state index in [1.165, 1.54) is 4.80 Å². The molecular formula is C17H23N5O. The lowest BCUT2D eigenvalue weighted by atomic mass is 9.81. The second kappa shape index (κ2) is 6.48. The number of hydrogen-bond donors (Lipinski definition) is 1. The van der Waals surface area contributed by atoms with Gasteiger partial charge in [0.25, 0.3) is 0 Å². The summed E-state index contributed by atoms with van der Waals surface area (Å²) in [6.45, 7) is 6.20. The summed E-state index contributed by atoms with van der Waals surface area (Å²) in [5, 5.41) is 15.7. The van der Waals surface area contributed by atoms with Gasteiger partial charge in [0.15, 0.2) is 6.04 Å². The number of tetrazole rings is 1. The van der Waals surface area contributed by atoms with Crippen molar-refractivity contribution in [3.63, 3.8) is 0 Å². The molecule has 1 aromatic heterocycles. The van der Waals surface area contributed by atoms with Gasteiger partial charge in [0, 0.05) is 11.6 Å². The summed E-state index contributed by atoms with van der Waals surface area (Å²) in [5.41, 5.74) is 0.898. The van der Waals surface area contributed by atoms with Crippen LogP contribution in [0.5, 0.6) is 0 Å². The van der Waals surface area contributed by atoms with E-state index in [-0.39, 0.29) is 17.9 Å². The summed E-state index contributed by atoms with van der Waals surface area (Å²) in [4.78, 5) is 14.0. The average Bonchev–Trinajstić information content (AvgIpc) is 2.96. The number of amides is 1. The van der Waals surface area contributed by atoms with Crippen molar-refractivity contribution in [2.45, 2.75) is 45.7 Å². The first-order chi connectivity index (χ1) is 11.0. The van der Waals surface area contributed by atoms with Crippen LogP contribution in [0.25, 0.3) is 11.4 Å². The summed E-state index contributed by atoms with van der Waals surface area (Å²) >= 11 is 0. The fourth-order valence-electron chi connectivity index (χ4n) is 3.03. The Bertz CT molecular complexity index is 661. The van der Waals surface area contributed by atoms with Crippen molar-refractivity contribution >= 4 is 5.91 Å². The zero-order valence-corrected chi connectivity index (χ0v) is 13.8. The summed E-state index contributed by atoms with van der Waals surface area (Å²) in [7, 11) is 0. The Balaban J connectivity index is 1.76. The Hall–Kier alpha value is -2.24. The number of aromatic nitrogens is 4.